The smallest absolute Gasteiger partial charge is 0.103 e. The van der Waals surface area contributed by atoms with E-state index in [2.05, 4.69) is 28.2 Å². The van der Waals surface area contributed by atoms with Gasteiger partial charge in [-0.1, -0.05) is 6.92 Å². The third-order valence-electron chi connectivity index (χ3n) is 3.83. The number of likely N-dealkylation sites (tertiary alicyclic amines) is 1. The van der Waals surface area contributed by atoms with E-state index in [-0.39, 0.29) is 0 Å². The normalized spacial score (nSPS) is 17.2. The average Bonchev–Trinajstić information content (AvgIpc) is 2.39. The summed E-state index contributed by atoms with van der Waals surface area (Å²) >= 11 is 0. The highest BCUT2D eigenvalue weighted by atomic mass is 15.1. The zero-order valence-corrected chi connectivity index (χ0v) is 12.0. The Balaban J connectivity index is 2.10. The number of anilines is 1. The molecule has 0 aromatic carbocycles. The lowest BCUT2D eigenvalue weighted by atomic mass is 10.0. The third-order valence-corrected chi connectivity index (χ3v) is 3.83. The molecule has 2 heterocycles. The Morgan fingerprint density at radius 2 is 2.11 bits per heavy atom. The monoisotopic (exact) mass is 258 g/mol. The topological polar surface area (TPSA) is 52.0 Å². The Morgan fingerprint density at radius 3 is 2.68 bits per heavy atom. The van der Waals surface area contributed by atoms with Crippen molar-refractivity contribution < 1.29 is 0 Å². The van der Waals surface area contributed by atoms with E-state index in [4.69, 9.17) is 0 Å². The average molecular weight is 258 g/mol. The molecule has 1 aliphatic rings. The van der Waals surface area contributed by atoms with E-state index in [1.807, 2.05) is 19.9 Å². The number of rotatable bonds is 3. The fraction of sp³-hybridized carbons (Fsp3) is 0.600. The van der Waals surface area contributed by atoms with Gasteiger partial charge in [0, 0.05) is 24.8 Å². The molecule has 102 valence electrons. The van der Waals surface area contributed by atoms with Gasteiger partial charge in [0.15, 0.2) is 0 Å². The Kier molecular flexibility index (Phi) is 4.39. The molecule has 0 spiro atoms. The van der Waals surface area contributed by atoms with E-state index in [1.54, 1.807) is 0 Å². The Morgan fingerprint density at radius 1 is 1.42 bits per heavy atom. The van der Waals surface area contributed by atoms with Gasteiger partial charge in [-0.05, 0) is 39.3 Å². The maximum atomic E-state index is 9.26. The fourth-order valence-electron chi connectivity index (χ4n) is 2.70. The van der Waals surface area contributed by atoms with Crippen molar-refractivity contribution in [3.8, 4) is 6.07 Å². The molecule has 2 rings (SSSR count). The molecule has 0 radical (unpaired) electrons. The maximum Gasteiger partial charge on any atom is 0.103 e. The van der Waals surface area contributed by atoms with Gasteiger partial charge >= 0.3 is 0 Å². The molecule has 1 aromatic rings. The van der Waals surface area contributed by atoms with Crippen molar-refractivity contribution in [1.82, 2.24) is 9.88 Å². The highest BCUT2D eigenvalue weighted by Crippen LogP contribution is 2.22. The fourth-order valence-corrected chi connectivity index (χ4v) is 2.70. The van der Waals surface area contributed by atoms with E-state index in [9.17, 15) is 5.26 Å². The number of piperidine rings is 1. The van der Waals surface area contributed by atoms with Gasteiger partial charge in [-0.3, -0.25) is 4.98 Å². The van der Waals surface area contributed by atoms with Gasteiger partial charge in [0.05, 0.1) is 16.9 Å². The van der Waals surface area contributed by atoms with Crippen molar-refractivity contribution in [2.24, 2.45) is 0 Å². The largest absolute Gasteiger partial charge is 0.381 e. The van der Waals surface area contributed by atoms with Gasteiger partial charge < -0.3 is 10.2 Å². The number of aryl methyl sites for hydroxylation is 2. The summed E-state index contributed by atoms with van der Waals surface area (Å²) in [6.45, 7) is 9.48. The molecule has 0 aliphatic carbocycles. The number of aromatic nitrogens is 1. The van der Waals surface area contributed by atoms with Crippen molar-refractivity contribution in [3.05, 3.63) is 23.0 Å². The second-order valence-electron chi connectivity index (χ2n) is 5.24. The van der Waals surface area contributed by atoms with E-state index in [0.29, 0.717) is 11.6 Å². The number of nitrogens with zero attached hydrogens (tertiary/aromatic N) is 3. The van der Waals surface area contributed by atoms with Gasteiger partial charge in [0.1, 0.15) is 6.07 Å². The lowest BCUT2D eigenvalue weighted by molar-refractivity contribution is 0.229. The Labute approximate surface area is 115 Å². The molecule has 0 bridgehead atoms. The van der Waals surface area contributed by atoms with Crippen molar-refractivity contribution >= 4 is 5.69 Å². The van der Waals surface area contributed by atoms with Crippen LogP contribution in [-0.2, 0) is 0 Å². The van der Waals surface area contributed by atoms with Crippen molar-refractivity contribution in [1.29, 1.82) is 5.26 Å². The molecule has 0 amide bonds. The number of pyridine rings is 1. The lowest BCUT2D eigenvalue weighted by Gasteiger charge is -2.32. The number of nitrogens with one attached hydrogen (secondary N) is 1. The SMILES string of the molecule is CCN1CCC(Nc2cc(C)nc(C)c2C#N)CC1. The Hall–Kier alpha value is -1.60. The summed E-state index contributed by atoms with van der Waals surface area (Å²) < 4.78 is 0. The van der Waals surface area contributed by atoms with Crippen LogP contribution in [0.25, 0.3) is 0 Å². The quantitative estimate of drug-likeness (QED) is 0.905. The highest BCUT2D eigenvalue weighted by Gasteiger charge is 2.19. The summed E-state index contributed by atoms with van der Waals surface area (Å²) in [5.41, 5.74) is 3.41. The van der Waals surface area contributed by atoms with Crippen molar-refractivity contribution in [3.63, 3.8) is 0 Å². The molecule has 1 saturated heterocycles. The van der Waals surface area contributed by atoms with Gasteiger partial charge in [-0.2, -0.15) is 5.26 Å². The van der Waals surface area contributed by atoms with Crippen LogP contribution in [0.3, 0.4) is 0 Å². The molecule has 1 aromatic heterocycles. The van der Waals surface area contributed by atoms with E-state index in [1.165, 1.54) is 0 Å². The number of nitriles is 1. The second-order valence-corrected chi connectivity index (χ2v) is 5.24. The van der Waals surface area contributed by atoms with Gasteiger partial charge in [-0.25, -0.2) is 0 Å². The first kappa shape index (κ1) is 13.8. The molecule has 19 heavy (non-hydrogen) atoms. The van der Waals surface area contributed by atoms with Gasteiger partial charge in [0.25, 0.3) is 0 Å². The first-order valence-corrected chi connectivity index (χ1v) is 7.01. The molecule has 1 fully saturated rings. The summed E-state index contributed by atoms with van der Waals surface area (Å²) in [5.74, 6) is 0. The molecular weight excluding hydrogens is 236 g/mol. The minimum Gasteiger partial charge on any atom is -0.381 e. The van der Waals surface area contributed by atoms with E-state index >= 15 is 0 Å². The van der Waals surface area contributed by atoms with Gasteiger partial charge in [-0.15, -0.1) is 0 Å². The minimum atomic E-state index is 0.469. The van der Waals surface area contributed by atoms with E-state index < -0.39 is 0 Å². The number of hydrogen-bond acceptors (Lipinski definition) is 4. The minimum absolute atomic E-state index is 0.469. The molecule has 0 unspecified atom stereocenters. The van der Waals surface area contributed by atoms with Crippen LogP contribution in [0.5, 0.6) is 0 Å². The number of hydrogen-bond donors (Lipinski definition) is 1. The van der Waals surface area contributed by atoms with Gasteiger partial charge in [0.2, 0.25) is 0 Å². The summed E-state index contributed by atoms with van der Waals surface area (Å²) in [5, 5.41) is 12.8. The van der Waals surface area contributed by atoms with Crippen LogP contribution >= 0.6 is 0 Å². The molecule has 0 saturated carbocycles. The van der Waals surface area contributed by atoms with Crippen LogP contribution in [0.2, 0.25) is 0 Å². The molecule has 4 nitrogen and oxygen atoms in total. The van der Waals surface area contributed by atoms with E-state index in [0.717, 1.165) is 49.6 Å². The van der Waals surface area contributed by atoms with Crippen LogP contribution in [-0.4, -0.2) is 35.6 Å². The highest BCUT2D eigenvalue weighted by molar-refractivity contribution is 5.60. The Bertz CT molecular complexity index is 482. The summed E-state index contributed by atoms with van der Waals surface area (Å²) in [6.07, 6.45) is 2.28. The molecule has 1 aliphatic heterocycles. The maximum absolute atomic E-state index is 9.26. The van der Waals surface area contributed by atoms with Crippen LogP contribution in [0.4, 0.5) is 5.69 Å². The van der Waals surface area contributed by atoms with Crippen LogP contribution in [0.1, 0.15) is 36.7 Å². The predicted molar refractivity (Wildman–Crippen MR) is 77.2 cm³/mol. The zero-order chi connectivity index (χ0) is 13.8. The molecule has 1 N–H and O–H groups in total. The standard InChI is InChI=1S/C15H22N4/c1-4-19-7-5-13(6-8-19)18-15-9-11(2)17-12(3)14(15)10-16/h9,13H,4-8H2,1-3H3,(H,17,18). The first-order valence-electron chi connectivity index (χ1n) is 7.01. The zero-order valence-electron chi connectivity index (χ0n) is 12.0. The third kappa shape index (κ3) is 3.24. The van der Waals surface area contributed by atoms with Crippen molar-refractivity contribution in [2.45, 2.75) is 39.7 Å². The molecule has 0 atom stereocenters. The van der Waals surface area contributed by atoms with Crippen LogP contribution in [0.15, 0.2) is 6.07 Å². The second kappa shape index (κ2) is 6.03. The summed E-state index contributed by atoms with van der Waals surface area (Å²) in [4.78, 5) is 6.82. The summed E-state index contributed by atoms with van der Waals surface area (Å²) in [6, 6.07) is 4.72. The van der Waals surface area contributed by atoms with Crippen molar-refractivity contribution in [2.75, 3.05) is 25.0 Å². The van der Waals surface area contributed by atoms with Crippen LogP contribution in [0, 0.1) is 25.2 Å². The van der Waals surface area contributed by atoms with Crippen LogP contribution < -0.4 is 5.32 Å². The molecular formula is C15H22N4. The molecule has 4 heteroatoms. The summed E-state index contributed by atoms with van der Waals surface area (Å²) in [7, 11) is 0. The lowest BCUT2D eigenvalue weighted by Crippen LogP contribution is -2.39. The first-order chi connectivity index (χ1) is 9.13. The predicted octanol–water partition coefficient (Wildman–Crippen LogP) is 2.47.